The minimum absolute atomic E-state index is 0.0321. The molecule has 0 aliphatic heterocycles. The molecule has 0 amide bonds. The largest absolute Gasteiger partial charge is 0.478 e. The molecule has 4 nitrogen and oxygen atoms in total. The van der Waals surface area contributed by atoms with Crippen LogP contribution in [0.5, 0.6) is 0 Å². The number of carbonyl (C=O) groups is 1. The van der Waals surface area contributed by atoms with Gasteiger partial charge in [-0.1, -0.05) is 25.8 Å². The lowest BCUT2D eigenvalue weighted by Crippen LogP contribution is -2.46. The molecule has 1 saturated carbocycles. The summed E-state index contributed by atoms with van der Waals surface area (Å²) >= 11 is 0. The second-order valence-electron chi connectivity index (χ2n) is 6.12. The fourth-order valence-corrected chi connectivity index (χ4v) is 3.19. The standard InChI is InChI=1S/C16H23NO3/c1-11-5-6-13(15(19)20)14(8-11)17-16(10-18)7-3-4-12(2)9-16/h5-6,8,12,17-18H,3-4,7,9-10H2,1-2H3,(H,19,20). The number of aliphatic hydroxyl groups is 1. The smallest absolute Gasteiger partial charge is 0.337 e. The van der Waals surface area contributed by atoms with Gasteiger partial charge < -0.3 is 15.5 Å². The number of anilines is 1. The van der Waals surface area contributed by atoms with Gasteiger partial charge in [0.25, 0.3) is 0 Å². The fourth-order valence-electron chi connectivity index (χ4n) is 3.19. The maximum absolute atomic E-state index is 11.3. The van der Waals surface area contributed by atoms with Crippen LogP contribution in [0.2, 0.25) is 0 Å². The number of hydrogen-bond acceptors (Lipinski definition) is 3. The average molecular weight is 277 g/mol. The number of aryl methyl sites for hydroxylation is 1. The summed E-state index contributed by atoms with van der Waals surface area (Å²) in [5, 5.41) is 22.4. The van der Waals surface area contributed by atoms with Gasteiger partial charge >= 0.3 is 5.97 Å². The van der Waals surface area contributed by atoms with E-state index in [4.69, 9.17) is 0 Å². The summed E-state index contributed by atoms with van der Waals surface area (Å²) in [6, 6.07) is 5.27. The lowest BCUT2D eigenvalue weighted by Gasteiger charge is -2.40. The van der Waals surface area contributed by atoms with Crippen molar-refractivity contribution in [1.29, 1.82) is 0 Å². The molecule has 0 spiro atoms. The highest BCUT2D eigenvalue weighted by molar-refractivity contribution is 5.94. The normalized spacial score (nSPS) is 26.2. The van der Waals surface area contributed by atoms with Crippen molar-refractivity contribution in [3.63, 3.8) is 0 Å². The Morgan fingerprint density at radius 2 is 2.25 bits per heavy atom. The van der Waals surface area contributed by atoms with Gasteiger partial charge in [0.05, 0.1) is 17.7 Å². The SMILES string of the molecule is Cc1ccc(C(=O)O)c(NC2(CO)CCCC(C)C2)c1. The molecular weight excluding hydrogens is 254 g/mol. The van der Waals surface area contributed by atoms with Gasteiger partial charge in [-0.3, -0.25) is 0 Å². The van der Waals surface area contributed by atoms with Crippen molar-refractivity contribution in [3.05, 3.63) is 29.3 Å². The topological polar surface area (TPSA) is 69.6 Å². The third-order valence-electron chi connectivity index (χ3n) is 4.20. The maximum Gasteiger partial charge on any atom is 0.337 e. The number of nitrogens with one attached hydrogen (secondary N) is 1. The summed E-state index contributed by atoms with van der Waals surface area (Å²) in [7, 11) is 0. The second-order valence-corrected chi connectivity index (χ2v) is 6.12. The van der Waals surface area contributed by atoms with E-state index >= 15 is 0 Å². The van der Waals surface area contributed by atoms with E-state index in [2.05, 4.69) is 12.2 Å². The Labute approximate surface area is 119 Å². The van der Waals surface area contributed by atoms with E-state index in [1.807, 2.05) is 13.0 Å². The van der Waals surface area contributed by atoms with Crippen LogP contribution < -0.4 is 5.32 Å². The number of aromatic carboxylic acids is 1. The van der Waals surface area contributed by atoms with E-state index in [1.165, 1.54) is 6.42 Å². The summed E-state index contributed by atoms with van der Waals surface area (Å²) in [5.74, 6) is -0.397. The quantitative estimate of drug-likeness (QED) is 0.791. The molecule has 1 aliphatic rings. The Balaban J connectivity index is 2.31. The van der Waals surface area contributed by atoms with Crippen molar-refractivity contribution in [1.82, 2.24) is 0 Å². The number of hydrogen-bond donors (Lipinski definition) is 3. The third-order valence-corrected chi connectivity index (χ3v) is 4.20. The maximum atomic E-state index is 11.3. The van der Waals surface area contributed by atoms with Gasteiger partial charge in [0.15, 0.2) is 0 Å². The van der Waals surface area contributed by atoms with Crippen LogP contribution in [0.3, 0.4) is 0 Å². The zero-order valence-corrected chi connectivity index (χ0v) is 12.1. The van der Waals surface area contributed by atoms with Crippen molar-refractivity contribution < 1.29 is 15.0 Å². The Morgan fingerprint density at radius 1 is 1.50 bits per heavy atom. The van der Waals surface area contributed by atoms with Crippen molar-refractivity contribution in [2.24, 2.45) is 5.92 Å². The van der Waals surface area contributed by atoms with Crippen LogP contribution in [0, 0.1) is 12.8 Å². The van der Waals surface area contributed by atoms with Crippen LogP contribution in [0.25, 0.3) is 0 Å². The first kappa shape index (κ1) is 14.9. The molecule has 1 aliphatic carbocycles. The van der Waals surface area contributed by atoms with Crippen molar-refractivity contribution >= 4 is 11.7 Å². The zero-order chi connectivity index (χ0) is 14.8. The molecule has 0 aromatic heterocycles. The lowest BCUT2D eigenvalue weighted by molar-refractivity contribution is 0.0697. The molecular formula is C16H23NO3. The number of rotatable bonds is 4. The zero-order valence-electron chi connectivity index (χ0n) is 12.1. The molecule has 4 heteroatoms. The fraction of sp³-hybridized carbons (Fsp3) is 0.562. The number of aliphatic hydroxyl groups excluding tert-OH is 1. The molecule has 110 valence electrons. The second kappa shape index (κ2) is 5.83. The van der Waals surface area contributed by atoms with Crippen LogP contribution in [0.4, 0.5) is 5.69 Å². The lowest BCUT2D eigenvalue weighted by atomic mass is 9.76. The molecule has 20 heavy (non-hydrogen) atoms. The van der Waals surface area contributed by atoms with Crippen LogP contribution in [0.1, 0.15) is 48.5 Å². The van der Waals surface area contributed by atoms with Gasteiger partial charge in [0, 0.05) is 5.69 Å². The van der Waals surface area contributed by atoms with Gasteiger partial charge in [0.1, 0.15) is 0 Å². The molecule has 1 fully saturated rings. The van der Waals surface area contributed by atoms with Gasteiger partial charge in [-0.25, -0.2) is 4.79 Å². The van der Waals surface area contributed by atoms with Crippen LogP contribution in [0.15, 0.2) is 18.2 Å². The van der Waals surface area contributed by atoms with Crippen molar-refractivity contribution in [3.8, 4) is 0 Å². The highest BCUT2D eigenvalue weighted by atomic mass is 16.4. The summed E-state index contributed by atoms with van der Waals surface area (Å²) < 4.78 is 0. The Bertz CT molecular complexity index is 500. The summed E-state index contributed by atoms with van der Waals surface area (Å²) in [6.07, 6.45) is 3.98. The third kappa shape index (κ3) is 3.12. The van der Waals surface area contributed by atoms with Gasteiger partial charge in [0.2, 0.25) is 0 Å². The van der Waals surface area contributed by atoms with Crippen LogP contribution >= 0.6 is 0 Å². The number of benzene rings is 1. The first-order valence-electron chi connectivity index (χ1n) is 7.19. The predicted molar refractivity (Wildman–Crippen MR) is 79.2 cm³/mol. The first-order chi connectivity index (χ1) is 9.46. The van der Waals surface area contributed by atoms with Gasteiger partial charge in [-0.05, 0) is 43.4 Å². The van der Waals surface area contributed by atoms with Crippen molar-refractivity contribution in [2.75, 3.05) is 11.9 Å². The molecule has 1 aromatic carbocycles. The van der Waals surface area contributed by atoms with Gasteiger partial charge in [-0.2, -0.15) is 0 Å². The molecule has 2 unspecified atom stereocenters. The Morgan fingerprint density at radius 3 is 2.85 bits per heavy atom. The number of carboxylic acids is 1. The first-order valence-corrected chi connectivity index (χ1v) is 7.19. The molecule has 2 atom stereocenters. The average Bonchev–Trinajstić information content (AvgIpc) is 2.38. The summed E-state index contributed by atoms with van der Waals surface area (Å²) in [6.45, 7) is 4.15. The summed E-state index contributed by atoms with van der Waals surface area (Å²) in [4.78, 5) is 11.3. The highest BCUT2D eigenvalue weighted by Crippen LogP contribution is 2.35. The molecule has 2 rings (SSSR count). The van der Waals surface area contributed by atoms with E-state index in [9.17, 15) is 15.0 Å². The monoisotopic (exact) mass is 277 g/mol. The molecule has 0 heterocycles. The Hall–Kier alpha value is -1.55. The van der Waals surface area contributed by atoms with E-state index < -0.39 is 11.5 Å². The summed E-state index contributed by atoms with van der Waals surface area (Å²) in [5.41, 5.74) is 1.49. The molecule has 0 saturated heterocycles. The number of carboxylic acid groups (broad SMARTS) is 1. The van der Waals surface area contributed by atoms with E-state index in [1.54, 1.807) is 12.1 Å². The molecule has 1 aromatic rings. The van der Waals surface area contributed by atoms with E-state index in [0.29, 0.717) is 11.6 Å². The molecule has 3 N–H and O–H groups in total. The minimum Gasteiger partial charge on any atom is -0.478 e. The molecule has 0 radical (unpaired) electrons. The Kier molecular flexibility index (Phi) is 4.33. The van der Waals surface area contributed by atoms with Gasteiger partial charge in [-0.15, -0.1) is 0 Å². The van der Waals surface area contributed by atoms with E-state index in [-0.39, 0.29) is 12.2 Å². The molecule has 0 bridgehead atoms. The van der Waals surface area contributed by atoms with Crippen LogP contribution in [-0.2, 0) is 0 Å². The predicted octanol–water partition coefficient (Wildman–Crippen LogP) is 3.05. The minimum atomic E-state index is -0.940. The van der Waals surface area contributed by atoms with Crippen molar-refractivity contribution in [2.45, 2.75) is 45.1 Å². The highest BCUT2D eigenvalue weighted by Gasteiger charge is 2.35. The van der Waals surface area contributed by atoms with E-state index in [0.717, 1.165) is 24.8 Å². The van der Waals surface area contributed by atoms with Crippen LogP contribution in [-0.4, -0.2) is 28.3 Å².